The highest BCUT2D eigenvalue weighted by Crippen LogP contribution is 2.31. The molecule has 0 spiro atoms. The Bertz CT molecular complexity index is 1190. The zero-order valence-corrected chi connectivity index (χ0v) is 20.4. The summed E-state index contributed by atoms with van der Waals surface area (Å²) in [5.74, 6) is 1.03. The Hall–Kier alpha value is -3.82. The summed E-state index contributed by atoms with van der Waals surface area (Å²) in [4.78, 5) is 6.66. The first-order valence-corrected chi connectivity index (χ1v) is 12.1. The summed E-state index contributed by atoms with van der Waals surface area (Å²) >= 11 is 0. The third kappa shape index (κ3) is 6.12. The molecule has 1 atom stereocenters. The summed E-state index contributed by atoms with van der Waals surface area (Å²) in [6.45, 7) is 8.40. The molecule has 1 saturated heterocycles. The van der Waals surface area contributed by atoms with Gasteiger partial charge in [-0.15, -0.1) is 13.2 Å². The zero-order valence-electron chi connectivity index (χ0n) is 20.4. The molecule has 196 valence electrons. The van der Waals surface area contributed by atoms with Gasteiger partial charge in [0.25, 0.3) is 6.01 Å². The van der Waals surface area contributed by atoms with Crippen molar-refractivity contribution < 1.29 is 32.1 Å². The maximum atomic E-state index is 12.3. The van der Waals surface area contributed by atoms with Gasteiger partial charge in [-0.25, -0.2) is 0 Å². The van der Waals surface area contributed by atoms with Crippen molar-refractivity contribution in [1.29, 1.82) is 0 Å². The van der Waals surface area contributed by atoms with E-state index in [-0.39, 0.29) is 11.9 Å². The number of halogens is 3. The van der Waals surface area contributed by atoms with E-state index in [0.717, 1.165) is 43.1 Å². The van der Waals surface area contributed by atoms with Gasteiger partial charge in [0.2, 0.25) is 0 Å². The molecule has 0 aliphatic carbocycles. The lowest BCUT2D eigenvalue weighted by Gasteiger charge is -2.33. The summed E-state index contributed by atoms with van der Waals surface area (Å²) in [5.41, 5.74) is 1.39. The predicted molar refractivity (Wildman–Crippen MR) is 132 cm³/mol. The fourth-order valence-electron chi connectivity index (χ4n) is 4.53. The molecule has 7 nitrogen and oxygen atoms in total. The fraction of sp³-hybridized carbons (Fsp3) is 0.370. The van der Waals surface area contributed by atoms with Gasteiger partial charge in [-0.1, -0.05) is 6.58 Å². The minimum absolute atomic E-state index is 0.00219. The van der Waals surface area contributed by atoms with Gasteiger partial charge in [0, 0.05) is 37.8 Å². The van der Waals surface area contributed by atoms with Crippen LogP contribution in [0.25, 0.3) is 6.08 Å². The standard InChI is InChI=1S/C27H28F3N3O4/c1-3-19-16-33-17-26(2,37-25(33)31-19)18-34-21-6-4-20(5-7-21)32-14-12-23(13-15-32)35-22-8-10-24(11-9-22)36-27(28,29)30/h3-11,16,23H,1,12-15,17-18H2,2H3/t26-/m1/s1. The third-order valence-electron chi connectivity index (χ3n) is 6.36. The highest BCUT2D eigenvalue weighted by molar-refractivity contribution is 5.49. The van der Waals surface area contributed by atoms with E-state index in [0.29, 0.717) is 24.9 Å². The molecule has 10 heteroatoms. The van der Waals surface area contributed by atoms with Crippen LogP contribution < -0.4 is 23.8 Å². The van der Waals surface area contributed by atoms with E-state index < -0.39 is 12.0 Å². The van der Waals surface area contributed by atoms with Gasteiger partial charge in [0.15, 0.2) is 5.60 Å². The van der Waals surface area contributed by atoms with Gasteiger partial charge in [-0.3, -0.25) is 4.57 Å². The first-order valence-electron chi connectivity index (χ1n) is 12.1. The lowest BCUT2D eigenvalue weighted by molar-refractivity contribution is -0.274. The predicted octanol–water partition coefficient (Wildman–Crippen LogP) is 5.70. The second-order valence-electron chi connectivity index (χ2n) is 9.44. The summed E-state index contributed by atoms with van der Waals surface area (Å²) in [6, 6.07) is 14.1. The van der Waals surface area contributed by atoms with Crippen LogP contribution in [0, 0.1) is 0 Å². The van der Waals surface area contributed by atoms with E-state index in [9.17, 15) is 13.2 Å². The summed E-state index contributed by atoms with van der Waals surface area (Å²) < 4.78 is 60.8. The number of hydrogen-bond donors (Lipinski definition) is 0. The monoisotopic (exact) mass is 515 g/mol. The second-order valence-corrected chi connectivity index (χ2v) is 9.44. The highest BCUT2D eigenvalue weighted by Gasteiger charge is 2.37. The molecule has 3 aromatic rings. The molecule has 2 aliphatic rings. The minimum Gasteiger partial charge on any atom is -0.490 e. The average Bonchev–Trinajstić information content (AvgIpc) is 3.39. The van der Waals surface area contributed by atoms with E-state index in [2.05, 4.69) is 21.2 Å². The maximum absolute atomic E-state index is 12.3. The quantitative estimate of drug-likeness (QED) is 0.384. The van der Waals surface area contributed by atoms with E-state index >= 15 is 0 Å². The van der Waals surface area contributed by atoms with Gasteiger partial charge in [-0.05, 0) is 61.5 Å². The van der Waals surface area contributed by atoms with Crippen molar-refractivity contribution >= 4 is 11.8 Å². The molecule has 3 heterocycles. The molecule has 0 N–H and O–H groups in total. The number of hydrogen-bond acceptors (Lipinski definition) is 6. The molecule has 0 bridgehead atoms. The van der Waals surface area contributed by atoms with Crippen LogP contribution in [0.3, 0.4) is 0 Å². The second kappa shape index (κ2) is 9.91. The number of fused-ring (bicyclic) bond motifs is 1. The maximum Gasteiger partial charge on any atom is 0.573 e. The van der Waals surface area contributed by atoms with Crippen molar-refractivity contribution in [1.82, 2.24) is 9.55 Å². The smallest absolute Gasteiger partial charge is 0.490 e. The summed E-state index contributed by atoms with van der Waals surface area (Å²) in [5, 5.41) is 0. The van der Waals surface area contributed by atoms with E-state index in [1.807, 2.05) is 42.0 Å². The summed E-state index contributed by atoms with van der Waals surface area (Å²) in [6.07, 6.45) is 0.508. The van der Waals surface area contributed by atoms with Crippen molar-refractivity contribution in [3.63, 3.8) is 0 Å². The number of nitrogens with zero attached hydrogens (tertiary/aromatic N) is 3. The van der Waals surface area contributed by atoms with Crippen LogP contribution in [0.5, 0.6) is 23.3 Å². The van der Waals surface area contributed by atoms with Crippen molar-refractivity contribution in [3.8, 4) is 23.3 Å². The zero-order chi connectivity index (χ0) is 26.0. The van der Waals surface area contributed by atoms with Gasteiger partial charge < -0.3 is 23.8 Å². The lowest BCUT2D eigenvalue weighted by atomic mass is 10.1. The number of alkyl halides is 3. The Morgan fingerprint density at radius 1 is 1.05 bits per heavy atom. The van der Waals surface area contributed by atoms with Crippen LogP contribution in [0.4, 0.5) is 18.9 Å². The Kier molecular flexibility index (Phi) is 6.66. The number of piperidine rings is 1. The molecule has 0 saturated carbocycles. The number of rotatable bonds is 8. The fourth-order valence-corrected chi connectivity index (χ4v) is 4.53. The van der Waals surface area contributed by atoms with Crippen LogP contribution in [0.1, 0.15) is 25.5 Å². The Morgan fingerprint density at radius 2 is 1.70 bits per heavy atom. The van der Waals surface area contributed by atoms with E-state index in [1.165, 1.54) is 24.3 Å². The first kappa shape index (κ1) is 24.9. The Morgan fingerprint density at radius 3 is 2.32 bits per heavy atom. The molecule has 5 rings (SSSR count). The largest absolute Gasteiger partial charge is 0.573 e. The van der Waals surface area contributed by atoms with Crippen molar-refractivity contribution in [3.05, 3.63) is 67.0 Å². The molecule has 0 radical (unpaired) electrons. The number of imidazole rings is 1. The molecule has 37 heavy (non-hydrogen) atoms. The minimum atomic E-state index is -4.71. The number of anilines is 1. The van der Waals surface area contributed by atoms with Crippen molar-refractivity contribution in [2.45, 2.75) is 44.4 Å². The third-order valence-corrected chi connectivity index (χ3v) is 6.36. The van der Waals surface area contributed by atoms with Crippen molar-refractivity contribution in [2.75, 3.05) is 24.6 Å². The SMILES string of the molecule is C=Cc1cn2c(n1)O[C@@](C)(COc1ccc(N3CCC(Oc4ccc(OC(F)(F)F)cc4)CC3)cc1)C2. The van der Waals surface area contributed by atoms with Gasteiger partial charge in [0.05, 0.1) is 12.2 Å². The molecule has 2 aromatic carbocycles. The molecule has 0 amide bonds. The van der Waals surface area contributed by atoms with Crippen LogP contribution in [0.15, 0.2) is 61.3 Å². The van der Waals surface area contributed by atoms with E-state index in [4.69, 9.17) is 14.2 Å². The molecular formula is C27H28F3N3O4. The molecule has 0 unspecified atom stereocenters. The molecular weight excluding hydrogens is 487 g/mol. The number of aromatic nitrogens is 2. The van der Waals surface area contributed by atoms with Crippen LogP contribution in [-0.4, -0.2) is 47.3 Å². The van der Waals surface area contributed by atoms with Crippen LogP contribution in [0.2, 0.25) is 0 Å². The highest BCUT2D eigenvalue weighted by atomic mass is 19.4. The van der Waals surface area contributed by atoms with Crippen LogP contribution >= 0.6 is 0 Å². The Labute approximate surface area is 213 Å². The van der Waals surface area contributed by atoms with Crippen LogP contribution in [-0.2, 0) is 6.54 Å². The van der Waals surface area contributed by atoms with Gasteiger partial charge in [-0.2, -0.15) is 4.98 Å². The Balaban J connectivity index is 1.07. The number of ether oxygens (including phenoxy) is 4. The summed E-state index contributed by atoms with van der Waals surface area (Å²) in [7, 11) is 0. The van der Waals surface area contributed by atoms with E-state index in [1.54, 1.807) is 6.08 Å². The molecule has 1 fully saturated rings. The van der Waals surface area contributed by atoms with Gasteiger partial charge >= 0.3 is 6.36 Å². The molecule has 2 aliphatic heterocycles. The van der Waals surface area contributed by atoms with Crippen molar-refractivity contribution in [2.24, 2.45) is 0 Å². The average molecular weight is 516 g/mol. The van der Waals surface area contributed by atoms with Gasteiger partial charge in [0.1, 0.15) is 30.0 Å². The topological polar surface area (TPSA) is 58.0 Å². The lowest BCUT2D eigenvalue weighted by Crippen LogP contribution is -2.38. The first-order chi connectivity index (χ1) is 17.7. The normalized spacial score (nSPS) is 19.7. The molecule has 1 aromatic heterocycles. The number of benzene rings is 2.